The number of ether oxygens (including phenoxy) is 2. The molecule has 6 heteroatoms. The van der Waals surface area contributed by atoms with E-state index in [9.17, 15) is 4.79 Å². The molecule has 0 saturated carbocycles. The maximum atomic E-state index is 12.6. The Kier molecular flexibility index (Phi) is 8.49. The number of benzene rings is 2. The maximum Gasteiger partial charge on any atom is 0.261 e. The van der Waals surface area contributed by atoms with Crippen molar-refractivity contribution in [1.82, 2.24) is 5.32 Å². The molecule has 2 N–H and O–H groups in total. The Balaban J connectivity index is 1.97. The summed E-state index contributed by atoms with van der Waals surface area (Å²) in [5.41, 5.74) is 2.10. The van der Waals surface area contributed by atoms with Gasteiger partial charge in [0.2, 0.25) is 0 Å². The van der Waals surface area contributed by atoms with Gasteiger partial charge >= 0.3 is 0 Å². The Bertz CT molecular complexity index is 836. The van der Waals surface area contributed by atoms with Crippen LogP contribution < -0.4 is 20.1 Å². The molecule has 0 aliphatic heterocycles. The first-order valence-corrected chi connectivity index (χ1v) is 9.62. The average molecular weight is 399 g/mol. The first-order valence-electron chi connectivity index (χ1n) is 9.21. The third-order valence-electron chi connectivity index (χ3n) is 3.69. The van der Waals surface area contributed by atoms with Gasteiger partial charge < -0.3 is 14.8 Å². The van der Waals surface area contributed by atoms with E-state index in [0.29, 0.717) is 30.3 Å². The zero-order valence-electron chi connectivity index (χ0n) is 16.3. The molecule has 148 valence electrons. The molecule has 2 rings (SSSR count). The van der Waals surface area contributed by atoms with Crippen LogP contribution in [0.2, 0.25) is 0 Å². The van der Waals surface area contributed by atoms with Crippen molar-refractivity contribution in [2.24, 2.45) is 0 Å². The normalized spacial score (nSPS) is 10.1. The number of nitrogens with one attached hydrogen (secondary N) is 2. The van der Waals surface area contributed by atoms with Crippen LogP contribution >= 0.6 is 12.2 Å². The van der Waals surface area contributed by atoms with E-state index in [1.165, 1.54) is 0 Å². The van der Waals surface area contributed by atoms with E-state index in [4.69, 9.17) is 21.7 Å². The fourth-order valence-electron chi connectivity index (χ4n) is 2.31. The fourth-order valence-corrected chi connectivity index (χ4v) is 2.52. The van der Waals surface area contributed by atoms with E-state index < -0.39 is 0 Å². The Labute approximate surface area is 171 Å². The molecule has 0 aliphatic rings. The van der Waals surface area contributed by atoms with Gasteiger partial charge in [-0.25, -0.2) is 0 Å². The van der Waals surface area contributed by atoms with Crippen molar-refractivity contribution in [3.63, 3.8) is 0 Å². The molecule has 0 radical (unpaired) electrons. The Hall–Kier alpha value is -2.86. The average Bonchev–Trinajstić information content (AvgIpc) is 2.67. The molecule has 0 atom stereocenters. The van der Waals surface area contributed by atoms with Gasteiger partial charge in [0.15, 0.2) is 5.11 Å². The molecule has 0 fully saturated rings. The van der Waals surface area contributed by atoms with Crippen LogP contribution in [-0.4, -0.2) is 24.2 Å². The second kappa shape index (κ2) is 11.1. The van der Waals surface area contributed by atoms with Crippen molar-refractivity contribution in [2.45, 2.75) is 26.7 Å². The van der Waals surface area contributed by atoms with Gasteiger partial charge in [-0.3, -0.25) is 10.1 Å². The number of carbonyl (C=O) groups excluding carboxylic acids is 1. The standard InChI is InChI=1S/C22H26N2O3S/c1-4-5-13-26-20-12-7-6-11-19(20)21(25)24-22(28)23-17-9-8-10-18(14-17)27-15-16(2)3/h6-12,14H,2,4-5,13,15H2,1,3H3,(H2,23,24,25,28). The number of para-hydroxylation sites is 1. The van der Waals surface area contributed by atoms with Crippen LogP contribution in [0.3, 0.4) is 0 Å². The minimum atomic E-state index is -0.320. The van der Waals surface area contributed by atoms with E-state index in [1.807, 2.05) is 37.3 Å². The predicted molar refractivity (Wildman–Crippen MR) is 117 cm³/mol. The smallest absolute Gasteiger partial charge is 0.261 e. The van der Waals surface area contributed by atoms with Gasteiger partial charge in [0.25, 0.3) is 5.91 Å². The highest BCUT2D eigenvalue weighted by atomic mass is 32.1. The molecule has 0 aliphatic carbocycles. The van der Waals surface area contributed by atoms with Crippen molar-refractivity contribution < 1.29 is 14.3 Å². The van der Waals surface area contributed by atoms with Crippen LogP contribution in [0.25, 0.3) is 0 Å². The van der Waals surface area contributed by atoms with E-state index in [2.05, 4.69) is 24.1 Å². The van der Waals surface area contributed by atoms with Crippen molar-refractivity contribution >= 4 is 28.9 Å². The number of amides is 1. The lowest BCUT2D eigenvalue weighted by molar-refractivity contribution is 0.0973. The van der Waals surface area contributed by atoms with Crippen LogP contribution in [0, 0.1) is 0 Å². The molecule has 0 unspecified atom stereocenters. The van der Waals surface area contributed by atoms with E-state index >= 15 is 0 Å². The number of hydrogen-bond donors (Lipinski definition) is 2. The summed E-state index contributed by atoms with van der Waals surface area (Å²) in [6.07, 6.45) is 1.96. The largest absolute Gasteiger partial charge is 0.493 e. The molecule has 0 bridgehead atoms. The lowest BCUT2D eigenvalue weighted by Gasteiger charge is -2.13. The third kappa shape index (κ3) is 7.04. The van der Waals surface area contributed by atoms with Crippen molar-refractivity contribution in [2.75, 3.05) is 18.5 Å². The lowest BCUT2D eigenvalue weighted by Crippen LogP contribution is -2.34. The van der Waals surface area contributed by atoms with Gasteiger partial charge in [-0.1, -0.05) is 38.1 Å². The third-order valence-corrected chi connectivity index (χ3v) is 3.90. The second-order valence-corrected chi connectivity index (χ2v) is 6.79. The van der Waals surface area contributed by atoms with Crippen molar-refractivity contribution in [3.05, 3.63) is 66.2 Å². The molecule has 5 nitrogen and oxygen atoms in total. The van der Waals surface area contributed by atoms with E-state index in [-0.39, 0.29) is 11.0 Å². The molecular weight excluding hydrogens is 372 g/mol. The zero-order valence-corrected chi connectivity index (χ0v) is 17.1. The van der Waals surface area contributed by atoms with Gasteiger partial charge in [0, 0.05) is 11.8 Å². The Morgan fingerprint density at radius 3 is 2.68 bits per heavy atom. The summed E-state index contributed by atoms with van der Waals surface area (Å²) in [5.74, 6) is 0.919. The zero-order chi connectivity index (χ0) is 20.4. The van der Waals surface area contributed by atoms with Gasteiger partial charge in [-0.15, -0.1) is 0 Å². The number of carbonyl (C=O) groups is 1. The number of thiocarbonyl (C=S) groups is 1. The van der Waals surface area contributed by atoms with Crippen molar-refractivity contribution in [1.29, 1.82) is 0 Å². The highest BCUT2D eigenvalue weighted by Crippen LogP contribution is 2.19. The first kappa shape index (κ1) is 21.4. The predicted octanol–water partition coefficient (Wildman–Crippen LogP) is 4.95. The summed E-state index contributed by atoms with van der Waals surface area (Å²) in [7, 11) is 0. The minimum Gasteiger partial charge on any atom is -0.493 e. The molecule has 0 saturated heterocycles. The molecule has 2 aromatic carbocycles. The lowest BCUT2D eigenvalue weighted by atomic mass is 10.2. The quantitative estimate of drug-likeness (QED) is 0.356. The number of anilines is 1. The van der Waals surface area contributed by atoms with Crippen LogP contribution in [0.5, 0.6) is 11.5 Å². The molecule has 1 amide bonds. The Morgan fingerprint density at radius 2 is 1.93 bits per heavy atom. The minimum absolute atomic E-state index is 0.199. The van der Waals surface area contributed by atoms with Gasteiger partial charge in [0.1, 0.15) is 18.1 Å². The number of unbranched alkanes of at least 4 members (excludes halogenated alkanes) is 1. The monoisotopic (exact) mass is 398 g/mol. The first-order chi connectivity index (χ1) is 13.5. The summed E-state index contributed by atoms with van der Waals surface area (Å²) in [6.45, 7) is 8.81. The second-order valence-electron chi connectivity index (χ2n) is 6.38. The summed E-state index contributed by atoms with van der Waals surface area (Å²) < 4.78 is 11.3. The van der Waals surface area contributed by atoms with E-state index in [0.717, 1.165) is 24.1 Å². The van der Waals surface area contributed by atoms with Crippen molar-refractivity contribution in [3.8, 4) is 11.5 Å². The summed E-state index contributed by atoms with van der Waals surface area (Å²) in [5, 5.41) is 5.89. The highest BCUT2D eigenvalue weighted by Gasteiger charge is 2.13. The number of hydrogen-bond acceptors (Lipinski definition) is 4. The van der Waals surface area contributed by atoms with Gasteiger partial charge in [-0.05, 0) is 55.4 Å². The summed E-state index contributed by atoms with van der Waals surface area (Å²) in [6, 6.07) is 14.5. The molecule has 0 aromatic heterocycles. The van der Waals surface area contributed by atoms with Gasteiger partial charge in [-0.2, -0.15) is 0 Å². The summed E-state index contributed by atoms with van der Waals surface area (Å²) >= 11 is 5.27. The van der Waals surface area contributed by atoms with Crippen LogP contribution in [0.15, 0.2) is 60.7 Å². The highest BCUT2D eigenvalue weighted by molar-refractivity contribution is 7.80. The SMILES string of the molecule is C=C(C)COc1cccc(NC(=S)NC(=O)c2ccccc2OCCCC)c1. The number of rotatable bonds is 9. The molecule has 0 heterocycles. The molecular formula is C22H26N2O3S. The molecule has 0 spiro atoms. The fraction of sp³-hybridized carbons (Fsp3) is 0.273. The summed E-state index contributed by atoms with van der Waals surface area (Å²) in [4.78, 5) is 12.6. The van der Waals surface area contributed by atoms with Crippen LogP contribution in [-0.2, 0) is 0 Å². The van der Waals surface area contributed by atoms with E-state index in [1.54, 1.807) is 18.2 Å². The van der Waals surface area contributed by atoms with Crippen LogP contribution in [0.1, 0.15) is 37.0 Å². The van der Waals surface area contributed by atoms with Crippen LogP contribution in [0.4, 0.5) is 5.69 Å². The maximum absolute atomic E-state index is 12.6. The molecule has 28 heavy (non-hydrogen) atoms. The van der Waals surface area contributed by atoms with Gasteiger partial charge in [0.05, 0.1) is 12.2 Å². The topological polar surface area (TPSA) is 59.6 Å². The Morgan fingerprint density at radius 1 is 1.14 bits per heavy atom. The molecule has 2 aromatic rings.